The number of hydrogen-bond acceptors (Lipinski definition) is 7. The van der Waals surface area contributed by atoms with Crippen molar-refractivity contribution in [1.29, 1.82) is 31.6 Å². The van der Waals surface area contributed by atoms with Crippen molar-refractivity contribution in [3.63, 3.8) is 0 Å². The molecule has 0 aliphatic carbocycles. The van der Waals surface area contributed by atoms with Gasteiger partial charge in [0.2, 0.25) is 0 Å². The van der Waals surface area contributed by atoms with Gasteiger partial charge in [-0.05, 0) is 0 Å². The Morgan fingerprint density at radius 2 is 0.632 bits per heavy atom. The van der Waals surface area contributed by atoms with Crippen LogP contribution in [-0.2, 0) is 28.4 Å². The summed E-state index contributed by atoms with van der Waals surface area (Å²) in [6.45, 7) is 21.0. The third-order valence-corrected chi connectivity index (χ3v) is 0. The quantitative estimate of drug-likeness (QED) is 0.408. The molecule has 13 heteroatoms. The molecule has 0 aliphatic rings. The first kappa shape index (κ1) is 75.3. The van der Waals surface area contributed by atoms with Gasteiger partial charge in [-0.3, -0.25) is 9.11 Å². The Labute approximate surface area is 190 Å². The second kappa shape index (κ2) is 534. The number of hydrogen-bond donors (Lipinski definition) is 2. The summed E-state index contributed by atoms with van der Waals surface area (Å²) in [5.41, 5.74) is 0. The minimum absolute atomic E-state index is 0. The Hall–Kier alpha value is 0.166. The summed E-state index contributed by atoms with van der Waals surface area (Å²) in [6.07, 6.45) is 0. The zero-order chi connectivity index (χ0) is 15.6. The van der Waals surface area contributed by atoms with Crippen molar-refractivity contribution in [3.05, 3.63) is 0 Å². The molecule has 0 saturated heterocycles. The van der Waals surface area contributed by atoms with Crippen LogP contribution >= 0.6 is 0 Å². The molecule has 0 saturated carbocycles. The molecule has 0 amide bonds. The van der Waals surface area contributed by atoms with Crippen LogP contribution in [0.5, 0.6) is 0 Å². The molecule has 0 unspecified atom stereocenters. The summed E-state index contributed by atoms with van der Waals surface area (Å²) >= 11 is -2.61. The van der Waals surface area contributed by atoms with Crippen molar-refractivity contribution in [1.82, 2.24) is 0 Å². The Balaban J connectivity index is -0.00000000622. The molecule has 0 aromatic rings. The molecule has 98 valence electrons. The average molecular weight is 364 g/mol. The average Bonchev–Trinajstić information content (AvgIpc) is 2.42. The van der Waals surface area contributed by atoms with Crippen LogP contribution < -0.4 is 0 Å². The van der Waals surface area contributed by atoms with E-state index in [9.17, 15) is 0 Å². The van der Waals surface area contributed by atoms with E-state index in [0.29, 0.717) is 0 Å². The minimum atomic E-state index is -2.61. The molecule has 9 nitrogen and oxygen atoms in total. The first-order chi connectivity index (χ1) is 7.73. The second-order valence-electron chi connectivity index (χ2n) is 0.231. The molecule has 0 aliphatic heterocycles. The first-order valence-electron chi connectivity index (χ1n) is 2.08. The van der Waals surface area contributed by atoms with E-state index in [1.807, 2.05) is 0 Å². The fourth-order valence-electron chi connectivity index (χ4n) is 0. The normalized spacial score (nSPS) is 2.47. The van der Waals surface area contributed by atoms with Gasteiger partial charge in [0.1, 0.15) is 0 Å². The van der Waals surface area contributed by atoms with Gasteiger partial charge in [0.25, 0.3) is 11.4 Å². The van der Waals surface area contributed by atoms with Gasteiger partial charge in [0.15, 0.2) is 0 Å². The molecule has 0 rings (SSSR count). The van der Waals surface area contributed by atoms with E-state index in [1.54, 1.807) is 0 Å². The van der Waals surface area contributed by atoms with Crippen LogP contribution in [0, 0.1) is 71.0 Å². The Morgan fingerprint density at radius 1 is 0.632 bits per heavy atom. The molecule has 0 bridgehead atoms. The van der Waals surface area contributed by atoms with Crippen LogP contribution in [0.3, 0.4) is 0 Å². The van der Waals surface area contributed by atoms with E-state index in [2.05, 4.69) is 39.4 Å². The summed E-state index contributed by atoms with van der Waals surface area (Å²) < 4.78 is 22.8. The summed E-state index contributed by atoms with van der Waals surface area (Å²) in [7, 11) is 0. The topological polar surface area (TPSA) is 200 Å². The fraction of sp³-hybridized carbons (Fsp3) is 0. The molecule has 0 heterocycles. The Bertz CT molecular complexity index is 182. The van der Waals surface area contributed by atoms with E-state index in [1.165, 1.54) is 0 Å². The molecule has 0 aromatic heterocycles. The van der Waals surface area contributed by atoms with Crippen molar-refractivity contribution >= 4 is 92.3 Å². The molecular formula is C6H10FeKN6NaO3S. The fourth-order valence-corrected chi connectivity index (χ4v) is 0. The third kappa shape index (κ3) is 173000. The van der Waals surface area contributed by atoms with Crippen LogP contribution in [0.15, 0.2) is 0 Å². The summed E-state index contributed by atoms with van der Waals surface area (Å²) in [5, 5.41) is 39.0. The zero-order valence-corrected chi connectivity index (χ0v) is 10.1. The van der Waals surface area contributed by atoms with E-state index in [0.717, 1.165) is 0 Å². The van der Waals surface area contributed by atoms with E-state index in [-0.39, 0.29) is 98.0 Å². The van der Waals surface area contributed by atoms with Gasteiger partial charge in [0.05, 0.1) is 0 Å². The zero-order valence-electron chi connectivity index (χ0n) is 8.21. The summed E-state index contributed by atoms with van der Waals surface area (Å²) in [6, 6.07) is 0. The van der Waals surface area contributed by atoms with E-state index < -0.39 is 11.4 Å². The van der Waals surface area contributed by atoms with Crippen LogP contribution in [-0.4, -0.2) is 94.3 Å². The van der Waals surface area contributed by atoms with Crippen molar-refractivity contribution < 1.29 is 30.4 Å². The number of nitrogens with zero attached hydrogens (tertiary/aromatic N) is 6. The van der Waals surface area contributed by atoms with E-state index in [4.69, 9.17) is 44.9 Å². The predicted octanol–water partition coefficient (Wildman–Crippen LogP) is -0.780. The van der Waals surface area contributed by atoms with Crippen molar-refractivity contribution in [3.8, 4) is 39.4 Å². The molecule has 2 N–H and O–H groups in total. The Kier molecular flexibility index (Phi) is 2120. The van der Waals surface area contributed by atoms with Gasteiger partial charge in [-0.2, -0.15) is 4.21 Å². The van der Waals surface area contributed by atoms with Crippen molar-refractivity contribution in [2.45, 2.75) is 0 Å². The van der Waals surface area contributed by atoms with Crippen molar-refractivity contribution in [2.75, 3.05) is 0 Å². The van der Waals surface area contributed by atoms with Gasteiger partial charge in [-0.25, -0.2) is 31.6 Å². The van der Waals surface area contributed by atoms with E-state index >= 15 is 0 Å². The monoisotopic (exact) mass is 364 g/mol. The maximum atomic E-state index is 8.67. The number of nitriles is 6. The number of rotatable bonds is 0. The second-order valence-corrected chi connectivity index (χ2v) is 0.692. The molecule has 0 spiro atoms. The van der Waals surface area contributed by atoms with Gasteiger partial charge in [0, 0.05) is 56.5 Å². The van der Waals surface area contributed by atoms with Crippen LogP contribution in [0.2, 0.25) is 0 Å². The van der Waals surface area contributed by atoms with Crippen molar-refractivity contribution in [2.24, 2.45) is 0 Å². The molecule has 0 radical (unpaired) electrons. The predicted molar refractivity (Wildman–Crippen MR) is 67.7 cm³/mol. The molecule has 0 atom stereocenters. The SMILES string of the molecule is C#N.C#N.C#N.C#N.C#N.C#N.O=S(O)O.[Fe].[KH].[NaH]. The first-order valence-corrected chi connectivity index (χ1v) is 3.14. The molecule has 0 aromatic carbocycles. The van der Waals surface area contributed by atoms with Crippen LogP contribution in [0.4, 0.5) is 0 Å². The van der Waals surface area contributed by atoms with Crippen LogP contribution in [0.25, 0.3) is 0 Å². The summed E-state index contributed by atoms with van der Waals surface area (Å²) in [4.78, 5) is 0. The Morgan fingerprint density at radius 3 is 0.632 bits per heavy atom. The van der Waals surface area contributed by atoms with Gasteiger partial charge in [-0.1, -0.05) is 0 Å². The molecule has 0 fully saturated rings. The summed E-state index contributed by atoms with van der Waals surface area (Å²) in [5.74, 6) is 0. The van der Waals surface area contributed by atoms with Crippen LogP contribution in [0.1, 0.15) is 0 Å². The molecular weight excluding hydrogens is 354 g/mol. The molecule has 19 heavy (non-hydrogen) atoms. The van der Waals surface area contributed by atoms with Gasteiger partial charge < -0.3 is 0 Å². The van der Waals surface area contributed by atoms with Gasteiger partial charge in [-0.15, -0.1) is 0 Å². The van der Waals surface area contributed by atoms with Gasteiger partial charge >= 0.3 is 80.9 Å². The standard InChI is InChI=1S/6CHN.Fe.K.Na.H2O3S.2H/c6*1-2;;;;1-4(2)3;;/h6*1H;;;;(H2,1,2,3);;. The maximum absolute atomic E-state index is 8.67. The third-order valence-electron chi connectivity index (χ3n) is 0.